The van der Waals surface area contributed by atoms with Gasteiger partial charge >= 0.3 is 11.9 Å². The zero-order valence-corrected chi connectivity index (χ0v) is 34.7. The van der Waals surface area contributed by atoms with Crippen LogP contribution in [0.3, 0.4) is 0 Å². The van der Waals surface area contributed by atoms with Crippen molar-refractivity contribution in [1.82, 2.24) is 0 Å². The molecule has 1 fully saturated rings. The topological polar surface area (TPSA) is 152 Å². The monoisotopic (exact) mass is 781 g/mol. The predicted molar refractivity (Wildman–Crippen MR) is 219 cm³/mol. The third kappa shape index (κ3) is 28.0. The Hall–Kier alpha value is -2.08. The van der Waals surface area contributed by atoms with Crippen molar-refractivity contribution in [2.24, 2.45) is 0 Å². The van der Waals surface area contributed by atoms with Crippen LogP contribution in [-0.2, 0) is 28.5 Å². The number of hydrogen-bond donors (Lipinski definition) is 4. The Bertz CT molecular complexity index is 996. The Labute approximate surface area is 334 Å². The first kappa shape index (κ1) is 50.9. The van der Waals surface area contributed by atoms with Gasteiger partial charge in [-0.2, -0.15) is 0 Å². The standard InChI is InChI=1S/C45H80O10/c1-3-5-7-9-11-13-15-17-19-21-23-25-27-29-31-33-40(47)52-36-38(37-53-45-44(51)43(50)42(49)39(35-46)55-45)54-41(48)34-32-30-28-26-24-22-20-18-16-14-12-10-8-6-4-2/h6,8,12,14,18,20,38-39,42-46,49-51H,3-5,7,9-11,13,15-17,19,21-37H2,1-2H3/b8-6-,14-12-,20-18-/t38-,39-,42+,43+,44-,45-/m1/s1. The molecule has 0 aliphatic carbocycles. The summed E-state index contributed by atoms with van der Waals surface area (Å²) in [5.74, 6) is -0.822. The van der Waals surface area contributed by atoms with Gasteiger partial charge in [-0.3, -0.25) is 9.59 Å². The number of aliphatic hydroxyl groups excluding tert-OH is 4. The van der Waals surface area contributed by atoms with Gasteiger partial charge in [0.15, 0.2) is 12.4 Å². The molecule has 10 heteroatoms. The Morgan fingerprint density at radius 3 is 1.62 bits per heavy atom. The summed E-state index contributed by atoms with van der Waals surface area (Å²) in [6.45, 7) is 3.30. The van der Waals surface area contributed by atoms with E-state index in [2.05, 4.69) is 50.3 Å². The first-order chi connectivity index (χ1) is 26.8. The molecule has 1 rings (SSSR count). The highest BCUT2D eigenvalue weighted by molar-refractivity contribution is 5.70. The van der Waals surface area contributed by atoms with Crippen molar-refractivity contribution in [3.63, 3.8) is 0 Å². The summed E-state index contributed by atoms with van der Waals surface area (Å²) in [4.78, 5) is 25.3. The van der Waals surface area contributed by atoms with Gasteiger partial charge in [0.2, 0.25) is 0 Å². The van der Waals surface area contributed by atoms with Gasteiger partial charge in [-0.15, -0.1) is 0 Å². The maximum Gasteiger partial charge on any atom is 0.306 e. The van der Waals surface area contributed by atoms with Crippen LogP contribution in [0.1, 0.15) is 181 Å². The molecule has 0 aromatic rings. The summed E-state index contributed by atoms with van der Waals surface area (Å²) >= 11 is 0. The van der Waals surface area contributed by atoms with Crippen LogP contribution in [0, 0.1) is 0 Å². The molecule has 0 aromatic carbocycles. The second kappa shape index (κ2) is 36.3. The third-order valence-electron chi connectivity index (χ3n) is 10.0. The van der Waals surface area contributed by atoms with Crippen LogP contribution in [0.5, 0.6) is 0 Å². The summed E-state index contributed by atoms with van der Waals surface area (Å²) < 4.78 is 22.1. The highest BCUT2D eigenvalue weighted by atomic mass is 16.7. The number of allylic oxidation sites excluding steroid dienone is 6. The lowest BCUT2D eigenvalue weighted by Crippen LogP contribution is -2.59. The molecule has 320 valence electrons. The van der Waals surface area contributed by atoms with Gasteiger partial charge in [0.05, 0.1) is 13.2 Å². The van der Waals surface area contributed by atoms with Crippen LogP contribution >= 0.6 is 0 Å². The number of rotatable bonds is 36. The molecule has 1 heterocycles. The van der Waals surface area contributed by atoms with Crippen LogP contribution in [0.25, 0.3) is 0 Å². The second-order valence-corrected chi connectivity index (χ2v) is 15.1. The van der Waals surface area contributed by atoms with Gasteiger partial charge in [-0.1, -0.05) is 159 Å². The van der Waals surface area contributed by atoms with Gasteiger partial charge < -0.3 is 39.4 Å². The van der Waals surface area contributed by atoms with Crippen LogP contribution in [-0.4, -0.2) is 89.0 Å². The van der Waals surface area contributed by atoms with E-state index in [1.807, 2.05) is 0 Å². The van der Waals surface area contributed by atoms with Crippen LogP contribution in [0.15, 0.2) is 36.5 Å². The van der Waals surface area contributed by atoms with Crippen molar-refractivity contribution < 1.29 is 49.0 Å². The van der Waals surface area contributed by atoms with E-state index in [1.165, 1.54) is 77.0 Å². The Kier molecular flexibility index (Phi) is 33.6. The molecule has 6 atom stereocenters. The quantitative estimate of drug-likeness (QED) is 0.0275. The first-order valence-corrected chi connectivity index (χ1v) is 22.1. The molecule has 0 spiro atoms. The maximum atomic E-state index is 12.7. The zero-order valence-electron chi connectivity index (χ0n) is 34.7. The number of unbranched alkanes of at least 4 members (excludes halogenated alkanes) is 19. The second-order valence-electron chi connectivity index (χ2n) is 15.1. The number of ether oxygens (including phenoxy) is 4. The van der Waals surface area contributed by atoms with E-state index < -0.39 is 49.4 Å². The lowest BCUT2D eigenvalue weighted by Gasteiger charge is -2.39. The molecule has 4 N–H and O–H groups in total. The Balaban J connectivity index is 2.34. The van der Waals surface area contributed by atoms with Gasteiger partial charge in [0.1, 0.15) is 31.0 Å². The van der Waals surface area contributed by atoms with Crippen LogP contribution in [0.4, 0.5) is 0 Å². The lowest BCUT2D eigenvalue weighted by molar-refractivity contribution is -0.305. The van der Waals surface area contributed by atoms with Gasteiger partial charge in [0.25, 0.3) is 0 Å². The number of hydrogen-bond acceptors (Lipinski definition) is 10. The average Bonchev–Trinajstić information content (AvgIpc) is 3.18. The maximum absolute atomic E-state index is 12.7. The third-order valence-corrected chi connectivity index (χ3v) is 10.0. The summed E-state index contributed by atoms with van der Waals surface area (Å²) in [5, 5.41) is 40.0. The van der Waals surface area contributed by atoms with Crippen molar-refractivity contribution in [2.45, 2.75) is 218 Å². The van der Waals surface area contributed by atoms with Crippen molar-refractivity contribution >= 4 is 11.9 Å². The van der Waals surface area contributed by atoms with E-state index in [1.54, 1.807) is 0 Å². The number of aliphatic hydroxyl groups is 4. The first-order valence-electron chi connectivity index (χ1n) is 22.1. The molecule has 1 saturated heterocycles. The molecule has 0 aromatic heterocycles. The highest BCUT2D eigenvalue weighted by Crippen LogP contribution is 2.22. The summed E-state index contributed by atoms with van der Waals surface area (Å²) in [5.41, 5.74) is 0. The zero-order chi connectivity index (χ0) is 40.2. The fourth-order valence-corrected chi connectivity index (χ4v) is 6.56. The smallest absolute Gasteiger partial charge is 0.306 e. The van der Waals surface area contributed by atoms with Gasteiger partial charge in [0, 0.05) is 12.8 Å². The van der Waals surface area contributed by atoms with E-state index in [0.717, 1.165) is 70.6 Å². The molecule has 0 unspecified atom stereocenters. The summed E-state index contributed by atoms with van der Waals surface area (Å²) in [6.07, 6.45) is 32.9. The molecule has 55 heavy (non-hydrogen) atoms. The van der Waals surface area contributed by atoms with Crippen molar-refractivity contribution in [3.05, 3.63) is 36.5 Å². The summed E-state index contributed by atoms with van der Waals surface area (Å²) in [7, 11) is 0. The van der Waals surface area contributed by atoms with Crippen molar-refractivity contribution in [3.8, 4) is 0 Å². The Morgan fingerprint density at radius 1 is 0.582 bits per heavy atom. The SMILES string of the molecule is CC/C=C\C/C=C\C/C=C\CCCCCCCC(=O)O[C@H](COC(=O)CCCCCCCCCCCCCCCCC)CO[C@@H]1O[C@H](CO)[C@H](O)[C@H](O)[C@H]1O. The van der Waals surface area contributed by atoms with Gasteiger partial charge in [-0.25, -0.2) is 0 Å². The highest BCUT2D eigenvalue weighted by Gasteiger charge is 2.44. The molecule has 0 saturated carbocycles. The van der Waals surface area contributed by atoms with E-state index >= 15 is 0 Å². The van der Waals surface area contributed by atoms with E-state index in [-0.39, 0.29) is 32.0 Å². The number of esters is 2. The minimum atomic E-state index is -1.60. The molecule has 1 aliphatic rings. The normalized spacial score (nSPS) is 20.9. The molecule has 0 bridgehead atoms. The number of carbonyl (C=O) groups excluding carboxylic acids is 2. The molecule has 0 amide bonds. The molecular formula is C45H80O10. The minimum absolute atomic E-state index is 0.212. The van der Waals surface area contributed by atoms with E-state index in [9.17, 15) is 30.0 Å². The van der Waals surface area contributed by atoms with Gasteiger partial charge in [-0.05, 0) is 44.9 Å². The fourth-order valence-electron chi connectivity index (χ4n) is 6.56. The van der Waals surface area contributed by atoms with Crippen molar-refractivity contribution in [1.29, 1.82) is 0 Å². The molecule has 0 radical (unpaired) electrons. The Morgan fingerprint density at radius 2 is 1.07 bits per heavy atom. The molecule has 1 aliphatic heterocycles. The van der Waals surface area contributed by atoms with Crippen LogP contribution in [0.2, 0.25) is 0 Å². The van der Waals surface area contributed by atoms with E-state index in [4.69, 9.17) is 18.9 Å². The fraction of sp³-hybridized carbons (Fsp3) is 0.822. The van der Waals surface area contributed by atoms with Crippen LogP contribution < -0.4 is 0 Å². The minimum Gasteiger partial charge on any atom is -0.462 e. The largest absolute Gasteiger partial charge is 0.462 e. The average molecular weight is 781 g/mol. The lowest BCUT2D eigenvalue weighted by atomic mass is 9.99. The molecule has 10 nitrogen and oxygen atoms in total. The molecular weight excluding hydrogens is 700 g/mol. The predicted octanol–water partition coefficient (Wildman–Crippen LogP) is 9.11. The van der Waals surface area contributed by atoms with Crippen molar-refractivity contribution in [2.75, 3.05) is 19.8 Å². The van der Waals surface area contributed by atoms with E-state index in [0.29, 0.717) is 6.42 Å². The summed E-state index contributed by atoms with van der Waals surface area (Å²) in [6, 6.07) is 0. The number of carbonyl (C=O) groups is 2.